The quantitative estimate of drug-likeness (QED) is 0.270. The van der Waals surface area contributed by atoms with Crippen LogP contribution < -0.4 is 10.1 Å². The Morgan fingerprint density at radius 1 is 0.933 bits per heavy atom. The van der Waals surface area contributed by atoms with Gasteiger partial charge in [0.2, 0.25) is 11.8 Å². The summed E-state index contributed by atoms with van der Waals surface area (Å²) in [6.07, 6.45) is -3.26. The first-order valence-corrected chi connectivity index (χ1v) is 15.3. The van der Waals surface area contributed by atoms with Crippen LogP contribution in [-0.4, -0.2) is 63.3 Å². The van der Waals surface area contributed by atoms with E-state index in [1.165, 1.54) is 42.1 Å². The molecule has 3 aromatic rings. The number of hydrogen-bond acceptors (Lipinski definition) is 8. The van der Waals surface area contributed by atoms with E-state index in [1.807, 2.05) is 0 Å². The van der Waals surface area contributed by atoms with Crippen LogP contribution in [0.2, 0.25) is 0 Å². The van der Waals surface area contributed by atoms with Crippen LogP contribution in [0.1, 0.15) is 55.4 Å². The number of halogens is 3. The number of carboxylic acid groups (broad SMARTS) is 1. The second-order valence-electron chi connectivity index (χ2n) is 11.1. The monoisotopic (exact) mass is 638 g/mol. The number of aliphatic carboxylic acids is 1. The van der Waals surface area contributed by atoms with Gasteiger partial charge in [-0.15, -0.1) is 13.2 Å². The number of carbonyl (C=O) groups is 5. The van der Waals surface area contributed by atoms with E-state index >= 15 is 0 Å². The number of hydrogen-bond donors (Lipinski definition) is 2. The molecule has 0 bridgehead atoms. The summed E-state index contributed by atoms with van der Waals surface area (Å²) in [5.41, 5.74) is -0.547. The fraction of sp³-hybridized carbons (Fsp3) is 0.281. The molecule has 2 amide bonds. The summed E-state index contributed by atoms with van der Waals surface area (Å²) in [4.78, 5) is 68.0. The topological polar surface area (TPSA) is 130 Å². The first kappa shape index (κ1) is 30.5. The van der Waals surface area contributed by atoms with Crippen molar-refractivity contribution in [2.45, 2.75) is 30.9 Å². The molecular weight excluding hydrogens is 613 g/mol. The van der Waals surface area contributed by atoms with Crippen molar-refractivity contribution in [3.63, 3.8) is 0 Å². The summed E-state index contributed by atoms with van der Waals surface area (Å²) in [6.45, 7) is -0.302. The number of thioether (sulfide) groups is 1. The van der Waals surface area contributed by atoms with Crippen LogP contribution in [0.15, 0.2) is 66.7 Å². The number of rotatable bonds is 8. The first-order valence-electron chi connectivity index (χ1n) is 13.9. The van der Waals surface area contributed by atoms with Crippen molar-refractivity contribution >= 4 is 41.1 Å². The predicted molar refractivity (Wildman–Crippen MR) is 155 cm³/mol. The van der Waals surface area contributed by atoms with Crippen molar-refractivity contribution in [3.8, 4) is 5.75 Å². The van der Waals surface area contributed by atoms with E-state index in [-0.39, 0.29) is 52.3 Å². The van der Waals surface area contributed by atoms with Crippen LogP contribution in [0, 0.1) is 11.8 Å². The number of imide groups is 1. The molecule has 0 saturated carbocycles. The zero-order chi connectivity index (χ0) is 32.3. The Morgan fingerprint density at radius 2 is 1.60 bits per heavy atom. The molecule has 232 valence electrons. The number of amides is 2. The number of benzene rings is 3. The molecule has 1 aliphatic carbocycles. The van der Waals surface area contributed by atoms with Crippen LogP contribution in [0.25, 0.3) is 0 Å². The van der Waals surface area contributed by atoms with E-state index in [0.717, 1.165) is 17.0 Å². The Kier molecular flexibility index (Phi) is 7.56. The Bertz CT molecular complexity index is 1780. The molecule has 2 aliphatic heterocycles. The highest BCUT2D eigenvalue weighted by atomic mass is 32.2. The maximum Gasteiger partial charge on any atom is 0.573 e. The molecule has 45 heavy (non-hydrogen) atoms. The second-order valence-corrected chi connectivity index (χ2v) is 12.1. The Hall–Kier alpha value is -4.49. The highest BCUT2D eigenvalue weighted by Crippen LogP contribution is 2.51. The fourth-order valence-corrected chi connectivity index (χ4v) is 7.16. The number of nitrogens with zero attached hydrogens (tertiary/aromatic N) is 1. The molecule has 13 heteroatoms. The minimum atomic E-state index is -4.98. The lowest BCUT2D eigenvalue weighted by Gasteiger charge is -2.31. The highest BCUT2D eigenvalue weighted by molar-refractivity contribution is 7.98. The molecule has 2 saturated heterocycles. The number of ketones is 2. The zero-order valence-electron chi connectivity index (χ0n) is 23.6. The molecule has 0 aromatic heterocycles. The second kappa shape index (κ2) is 11.1. The van der Waals surface area contributed by atoms with Crippen LogP contribution in [0.4, 0.5) is 13.2 Å². The average molecular weight is 639 g/mol. The molecule has 3 aromatic carbocycles. The molecule has 2 fully saturated rings. The van der Waals surface area contributed by atoms with Crippen molar-refractivity contribution in [2.75, 3.05) is 12.0 Å². The molecule has 4 unspecified atom stereocenters. The molecular formula is C32H25F3N2O7S. The molecule has 6 rings (SSSR count). The lowest BCUT2D eigenvalue weighted by atomic mass is 9.78. The van der Waals surface area contributed by atoms with Crippen LogP contribution in [0.5, 0.6) is 5.75 Å². The van der Waals surface area contributed by atoms with Gasteiger partial charge in [0, 0.05) is 28.3 Å². The van der Waals surface area contributed by atoms with Gasteiger partial charge in [-0.3, -0.25) is 34.2 Å². The Balaban J connectivity index is 1.37. The molecule has 2 N–H and O–H groups in total. The normalized spacial score (nSPS) is 24.0. The number of fused-ring (bicyclic) bond motifs is 3. The number of likely N-dealkylation sites (tertiary alicyclic amines) is 1. The number of nitrogens with one attached hydrogen (secondary N) is 1. The minimum absolute atomic E-state index is 0.0400. The smallest absolute Gasteiger partial charge is 0.480 e. The van der Waals surface area contributed by atoms with Crippen molar-refractivity contribution in [1.29, 1.82) is 0 Å². The van der Waals surface area contributed by atoms with Gasteiger partial charge in [0.1, 0.15) is 11.3 Å². The molecule has 9 nitrogen and oxygen atoms in total. The molecule has 2 heterocycles. The molecule has 0 radical (unpaired) electrons. The number of carbonyl (C=O) groups excluding carboxylic acids is 4. The number of ether oxygens (including phenoxy) is 1. The van der Waals surface area contributed by atoms with E-state index < -0.39 is 53.3 Å². The third kappa shape index (κ3) is 5.09. The average Bonchev–Trinajstić information content (AvgIpc) is 3.48. The zero-order valence-corrected chi connectivity index (χ0v) is 24.4. The van der Waals surface area contributed by atoms with Gasteiger partial charge in [-0.05, 0) is 53.8 Å². The van der Waals surface area contributed by atoms with E-state index in [4.69, 9.17) is 0 Å². The van der Waals surface area contributed by atoms with Crippen molar-refractivity contribution in [2.24, 2.45) is 11.8 Å². The van der Waals surface area contributed by atoms with Gasteiger partial charge in [-0.2, -0.15) is 11.8 Å². The minimum Gasteiger partial charge on any atom is -0.480 e. The lowest BCUT2D eigenvalue weighted by molar-refractivity contribution is -0.274. The Morgan fingerprint density at radius 3 is 2.24 bits per heavy atom. The summed E-state index contributed by atoms with van der Waals surface area (Å²) in [6, 6.07) is 14.6. The van der Waals surface area contributed by atoms with Crippen molar-refractivity contribution in [1.82, 2.24) is 10.2 Å². The van der Waals surface area contributed by atoms with E-state index in [9.17, 15) is 42.3 Å². The van der Waals surface area contributed by atoms with Crippen molar-refractivity contribution < 1.29 is 47.0 Å². The number of alkyl halides is 3. The Labute approximate surface area is 258 Å². The van der Waals surface area contributed by atoms with Crippen LogP contribution in [0.3, 0.4) is 0 Å². The third-order valence-electron chi connectivity index (χ3n) is 8.61. The predicted octanol–water partition coefficient (Wildman–Crippen LogP) is 4.38. The first-order chi connectivity index (χ1) is 21.4. The van der Waals surface area contributed by atoms with Crippen LogP contribution in [-0.2, 0) is 20.9 Å². The summed E-state index contributed by atoms with van der Waals surface area (Å²) in [5.74, 6) is -6.39. The van der Waals surface area contributed by atoms with E-state index in [0.29, 0.717) is 11.3 Å². The van der Waals surface area contributed by atoms with E-state index in [1.54, 1.807) is 30.5 Å². The molecule has 4 atom stereocenters. The van der Waals surface area contributed by atoms with Crippen molar-refractivity contribution in [3.05, 3.63) is 100 Å². The SMILES string of the molecule is CSCCC1(C(=O)O)NC(c2cccc(OC(F)(F)F)c2)C2C(=O)N(Cc3ccc4c(c3)C(=O)c3ccccc3C4=O)C(=O)C21. The lowest BCUT2D eigenvalue weighted by Crippen LogP contribution is -2.56. The third-order valence-corrected chi connectivity index (χ3v) is 9.22. The summed E-state index contributed by atoms with van der Waals surface area (Å²) in [5, 5.41) is 13.4. The van der Waals surface area contributed by atoms with Gasteiger partial charge in [0.25, 0.3) is 0 Å². The largest absolute Gasteiger partial charge is 0.573 e. The molecule has 0 spiro atoms. The van der Waals surface area contributed by atoms with Crippen LogP contribution >= 0.6 is 11.8 Å². The molecule has 3 aliphatic rings. The van der Waals surface area contributed by atoms with Gasteiger partial charge in [-0.1, -0.05) is 42.5 Å². The standard InChI is InChI=1S/C32H25F3N2O7S/c1-45-12-11-31(30(42)43)24-23(25(36-31)17-5-4-6-18(14-17)44-32(33,34)35)28(40)37(29(24)41)15-16-9-10-21-22(13-16)27(39)20-8-3-2-7-19(20)26(21)38/h2-10,13-14,23-25,36H,11-12,15H2,1H3,(H,42,43). The summed E-state index contributed by atoms with van der Waals surface area (Å²) < 4.78 is 42.9. The number of carboxylic acids is 1. The van der Waals surface area contributed by atoms with Gasteiger partial charge >= 0.3 is 12.3 Å². The van der Waals surface area contributed by atoms with Gasteiger partial charge in [0.05, 0.1) is 18.4 Å². The maximum atomic E-state index is 14.0. The summed E-state index contributed by atoms with van der Waals surface area (Å²) in [7, 11) is 0. The van der Waals surface area contributed by atoms with Gasteiger partial charge in [0.15, 0.2) is 11.6 Å². The van der Waals surface area contributed by atoms with Gasteiger partial charge in [-0.25, -0.2) is 0 Å². The fourth-order valence-electron chi connectivity index (χ4n) is 6.63. The van der Waals surface area contributed by atoms with Gasteiger partial charge < -0.3 is 9.84 Å². The maximum absolute atomic E-state index is 14.0. The summed E-state index contributed by atoms with van der Waals surface area (Å²) >= 11 is 1.34. The highest BCUT2D eigenvalue weighted by Gasteiger charge is 2.68. The van der Waals surface area contributed by atoms with E-state index in [2.05, 4.69) is 10.1 Å².